The summed E-state index contributed by atoms with van der Waals surface area (Å²) in [6, 6.07) is 1.76. The number of pyridine rings is 1. The van der Waals surface area contributed by atoms with Crippen molar-refractivity contribution >= 4 is 16.8 Å². The minimum Gasteiger partial charge on any atom is -0.334 e. The number of rotatable bonds is 1. The van der Waals surface area contributed by atoms with Gasteiger partial charge in [-0.3, -0.25) is 9.78 Å². The van der Waals surface area contributed by atoms with Gasteiger partial charge in [0.05, 0.1) is 17.2 Å². The molecule has 0 aliphatic rings. The van der Waals surface area contributed by atoms with Crippen LogP contribution in [0.15, 0.2) is 18.5 Å². The third-order valence-corrected chi connectivity index (χ3v) is 1.62. The second kappa shape index (κ2) is 2.41. The van der Waals surface area contributed by atoms with E-state index in [9.17, 15) is 4.79 Å². The molecule has 0 spiro atoms. The Labute approximate surface area is 68.7 Å². The summed E-state index contributed by atoms with van der Waals surface area (Å²) in [4.78, 5) is 21.7. The monoisotopic (exact) mass is 161 g/mol. The predicted octanol–water partition coefficient (Wildman–Crippen LogP) is 1.16. The summed E-state index contributed by atoms with van der Waals surface area (Å²) >= 11 is 0. The van der Waals surface area contributed by atoms with Gasteiger partial charge in [-0.2, -0.15) is 0 Å². The van der Waals surface area contributed by atoms with E-state index in [4.69, 9.17) is 0 Å². The largest absolute Gasteiger partial charge is 0.334 e. The Morgan fingerprint density at radius 3 is 3.08 bits per heavy atom. The van der Waals surface area contributed by atoms with Gasteiger partial charge < -0.3 is 4.98 Å². The van der Waals surface area contributed by atoms with Crippen LogP contribution in [0.5, 0.6) is 0 Å². The maximum absolute atomic E-state index is 10.9. The number of aromatic amines is 1. The molecule has 0 bridgehead atoms. The fourth-order valence-corrected chi connectivity index (χ4v) is 1.02. The van der Waals surface area contributed by atoms with Crippen LogP contribution in [0.1, 0.15) is 17.5 Å². The van der Waals surface area contributed by atoms with Crippen LogP contribution in [-0.2, 0) is 0 Å². The van der Waals surface area contributed by atoms with Crippen molar-refractivity contribution in [2.75, 3.05) is 0 Å². The highest BCUT2D eigenvalue weighted by Crippen LogP contribution is 2.08. The Kier molecular flexibility index (Phi) is 1.40. The van der Waals surface area contributed by atoms with Gasteiger partial charge in [-0.05, 0) is 6.07 Å². The average molecular weight is 161 g/mol. The summed E-state index contributed by atoms with van der Waals surface area (Å²) in [5.41, 5.74) is 1.57. The Hall–Kier alpha value is -1.71. The summed E-state index contributed by atoms with van der Waals surface area (Å²) in [5, 5.41) is 0. The van der Waals surface area contributed by atoms with Gasteiger partial charge in [0, 0.05) is 13.1 Å². The lowest BCUT2D eigenvalue weighted by Gasteiger charge is -1.81. The molecule has 2 aromatic heterocycles. The van der Waals surface area contributed by atoms with Crippen molar-refractivity contribution in [2.24, 2.45) is 0 Å². The van der Waals surface area contributed by atoms with E-state index in [2.05, 4.69) is 15.0 Å². The lowest BCUT2D eigenvalue weighted by Crippen LogP contribution is -1.93. The lowest BCUT2D eigenvalue weighted by molar-refractivity contribution is 0.100. The van der Waals surface area contributed by atoms with Crippen LogP contribution in [0.25, 0.3) is 11.0 Å². The molecular weight excluding hydrogens is 154 g/mol. The molecule has 60 valence electrons. The molecule has 12 heavy (non-hydrogen) atoms. The zero-order valence-electron chi connectivity index (χ0n) is 6.53. The van der Waals surface area contributed by atoms with Crippen molar-refractivity contribution < 1.29 is 4.79 Å². The smallest absolute Gasteiger partial charge is 0.195 e. The molecule has 1 N–H and O–H groups in total. The molecule has 0 radical (unpaired) electrons. The standard InChI is InChI=1S/C8H7N3O/c1-5(12)8-10-6-2-3-9-4-7(6)11-8/h2-4H,1H3,(H,10,11). The number of carbonyl (C=O) groups is 1. The Morgan fingerprint density at radius 2 is 2.42 bits per heavy atom. The number of hydrogen-bond donors (Lipinski definition) is 1. The van der Waals surface area contributed by atoms with Crippen molar-refractivity contribution in [3.8, 4) is 0 Å². The maximum atomic E-state index is 10.9. The van der Waals surface area contributed by atoms with Crippen molar-refractivity contribution in [2.45, 2.75) is 6.92 Å². The van der Waals surface area contributed by atoms with E-state index in [1.54, 1.807) is 18.5 Å². The molecule has 0 unspecified atom stereocenters. The van der Waals surface area contributed by atoms with E-state index in [1.807, 2.05) is 0 Å². The molecule has 2 aromatic rings. The van der Waals surface area contributed by atoms with Crippen LogP contribution >= 0.6 is 0 Å². The fraction of sp³-hybridized carbons (Fsp3) is 0.125. The topological polar surface area (TPSA) is 58.6 Å². The lowest BCUT2D eigenvalue weighted by atomic mass is 10.4. The predicted molar refractivity (Wildman–Crippen MR) is 43.9 cm³/mol. The first-order chi connectivity index (χ1) is 5.77. The van der Waals surface area contributed by atoms with Crippen LogP contribution in [0.2, 0.25) is 0 Å². The number of nitrogens with zero attached hydrogens (tertiary/aromatic N) is 2. The summed E-state index contributed by atoms with van der Waals surface area (Å²) in [6.07, 6.45) is 3.29. The fourth-order valence-electron chi connectivity index (χ4n) is 1.02. The van der Waals surface area contributed by atoms with E-state index in [-0.39, 0.29) is 5.78 Å². The van der Waals surface area contributed by atoms with Gasteiger partial charge in [-0.25, -0.2) is 4.98 Å². The number of ketones is 1. The van der Waals surface area contributed by atoms with E-state index in [0.29, 0.717) is 5.82 Å². The number of H-pyrrole nitrogens is 1. The van der Waals surface area contributed by atoms with Crippen LogP contribution in [0.3, 0.4) is 0 Å². The SMILES string of the molecule is CC(=O)c1nc2ccncc2[nH]1. The van der Waals surface area contributed by atoms with Gasteiger partial charge in [-0.1, -0.05) is 0 Å². The van der Waals surface area contributed by atoms with Crippen molar-refractivity contribution in [3.05, 3.63) is 24.3 Å². The van der Waals surface area contributed by atoms with Crippen LogP contribution in [0.4, 0.5) is 0 Å². The minimum absolute atomic E-state index is 0.0637. The van der Waals surface area contributed by atoms with Crippen LogP contribution < -0.4 is 0 Å². The molecule has 0 aromatic carbocycles. The van der Waals surface area contributed by atoms with Gasteiger partial charge in [-0.15, -0.1) is 0 Å². The van der Waals surface area contributed by atoms with E-state index < -0.39 is 0 Å². The quantitative estimate of drug-likeness (QED) is 0.638. The van der Waals surface area contributed by atoms with Crippen LogP contribution in [0, 0.1) is 0 Å². The number of imidazole rings is 1. The minimum atomic E-state index is -0.0637. The average Bonchev–Trinajstić information content (AvgIpc) is 2.46. The second-order valence-electron chi connectivity index (χ2n) is 2.53. The van der Waals surface area contributed by atoms with Gasteiger partial charge in [0.25, 0.3) is 0 Å². The number of nitrogens with one attached hydrogen (secondary N) is 1. The second-order valence-corrected chi connectivity index (χ2v) is 2.53. The molecule has 0 aliphatic heterocycles. The molecular formula is C8H7N3O. The van der Waals surface area contributed by atoms with E-state index in [1.165, 1.54) is 6.92 Å². The van der Waals surface area contributed by atoms with Crippen molar-refractivity contribution in [3.63, 3.8) is 0 Å². The summed E-state index contributed by atoms with van der Waals surface area (Å²) in [6.45, 7) is 1.48. The third-order valence-electron chi connectivity index (χ3n) is 1.62. The number of fused-ring (bicyclic) bond motifs is 1. The Bertz CT molecular complexity index is 400. The third kappa shape index (κ3) is 0.972. The molecule has 4 heteroatoms. The van der Waals surface area contributed by atoms with Gasteiger partial charge in [0.2, 0.25) is 0 Å². The number of hydrogen-bond acceptors (Lipinski definition) is 3. The highest BCUT2D eigenvalue weighted by molar-refractivity contribution is 5.93. The first kappa shape index (κ1) is 6.97. The van der Waals surface area contributed by atoms with Gasteiger partial charge in [0.1, 0.15) is 0 Å². The summed E-state index contributed by atoms with van der Waals surface area (Å²) < 4.78 is 0. The maximum Gasteiger partial charge on any atom is 0.195 e. The molecule has 0 atom stereocenters. The zero-order valence-corrected chi connectivity index (χ0v) is 6.53. The van der Waals surface area contributed by atoms with Gasteiger partial charge >= 0.3 is 0 Å². The summed E-state index contributed by atoms with van der Waals surface area (Å²) in [5.74, 6) is 0.323. The Balaban J connectivity index is 2.70. The molecule has 2 heterocycles. The molecule has 2 rings (SSSR count). The number of carbonyl (C=O) groups excluding carboxylic acids is 1. The van der Waals surface area contributed by atoms with Crippen molar-refractivity contribution in [1.29, 1.82) is 0 Å². The number of aromatic nitrogens is 3. The molecule has 0 amide bonds. The zero-order chi connectivity index (χ0) is 8.55. The summed E-state index contributed by atoms with van der Waals surface area (Å²) in [7, 11) is 0. The molecule has 0 aliphatic carbocycles. The van der Waals surface area contributed by atoms with Crippen molar-refractivity contribution in [1.82, 2.24) is 15.0 Å². The first-order valence-electron chi connectivity index (χ1n) is 3.58. The first-order valence-corrected chi connectivity index (χ1v) is 3.58. The Morgan fingerprint density at radius 1 is 1.58 bits per heavy atom. The van der Waals surface area contributed by atoms with Crippen LogP contribution in [-0.4, -0.2) is 20.7 Å². The highest BCUT2D eigenvalue weighted by Gasteiger charge is 2.04. The highest BCUT2D eigenvalue weighted by atomic mass is 16.1. The van der Waals surface area contributed by atoms with E-state index in [0.717, 1.165) is 11.0 Å². The number of Topliss-reactive ketones (excluding diaryl/α,β-unsaturated/α-hetero) is 1. The molecule has 0 saturated heterocycles. The van der Waals surface area contributed by atoms with Gasteiger partial charge in [0.15, 0.2) is 11.6 Å². The molecule has 0 saturated carbocycles. The normalized spacial score (nSPS) is 10.4. The molecule has 0 fully saturated rings. The van der Waals surface area contributed by atoms with E-state index >= 15 is 0 Å². The molecule has 4 nitrogen and oxygen atoms in total.